The van der Waals surface area contributed by atoms with Gasteiger partial charge in [-0.25, -0.2) is 8.42 Å². The van der Waals surface area contributed by atoms with Crippen LogP contribution in [0.3, 0.4) is 0 Å². The lowest BCUT2D eigenvalue weighted by atomic mass is 10.0. The summed E-state index contributed by atoms with van der Waals surface area (Å²) in [6, 6.07) is 0. The van der Waals surface area contributed by atoms with Gasteiger partial charge in [0.2, 0.25) is 0 Å². The van der Waals surface area contributed by atoms with E-state index in [2.05, 4.69) is 5.32 Å². The van der Waals surface area contributed by atoms with Crippen LogP contribution in [-0.2, 0) is 14.6 Å². The molecule has 88 valence electrons. The molecule has 2 rings (SSSR count). The van der Waals surface area contributed by atoms with Crippen LogP contribution in [0.2, 0.25) is 0 Å². The Balaban J connectivity index is 1.84. The predicted molar refractivity (Wildman–Crippen MR) is 58.3 cm³/mol. The fraction of sp³-hybridized carbons (Fsp3) is 1.00. The Labute approximate surface area is 91.3 Å². The van der Waals surface area contributed by atoms with Crippen LogP contribution in [0.15, 0.2) is 0 Å². The van der Waals surface area contributed by atoms with Crippen molar-refractivity contribution in [2.45, 2.75) is 38.5 Å². The standard InChI is InChI=1S/C10H19NO3S/c1-8-6-11-10(14-8)5-9-3-2-4-15(12,13)7-9/h8-11H,2-7H2,1H3. The van der Waals surface area contributed by atoms with Gasteiger partial charge in [0.05, 0.1) is 17.6 Å². The van der Waals surface area contributed by atoms with Crippen molar-refractivity contribution in [3.63, 3.8) is 0 Å². The molecular weight excluding hydrogens is 214 g/mol. The van der Waals surface area contributed by atoms with Crippen molar-refractivity contribution in [3.05, 3.63) is 0 Å². The van der Waals surface area contributed by atoms with Gasteiger partial charge in [-0.2, -0.15) is 0 Å². The van der Waals surface area contributed by atoms with Crippen LogP contribution >= 0.6 is 0 Å². The molecule has 0 bridgehead atoms. The van der Waals surface area contributed by atoms with Crippen molar-refractivity contribution in [2.24, 2.45) is 5.92 Å². The third-order valence-electron chi connectivity index (χ3n) is 3.13. The van der Waals surface area contributed by atoms with Crippen LogP contribution < -0.4 is 5.32 Å². The minimum Gasteiger partial charge on any atom is -0.359 e. The molecule has 2 aliphatic rings. The van der Waals surface area contributed by atoms with Crippen molar-refractivity contribution in [1.82, 2.24) is 5.32 Å². The molecule has 0 aromatic heterocycles. The smallest absolute Gasteiger partial charge is 0.150 e. The molecule has 0 radical (unpaired) electrons. The minimum atomic E-state index is -2.77. The van der Waals surface area contributed by atoms with E-state index >= 15 is 0 Å². The lowest BCUT2D eigenvalue weighted by molar-refractivity contribution is 0.0364. The number of hydrogen-bond acceptors (Lipinski definition) is 4. The largest absolute Gasteiger partial charge is 0.359 e. The quantitative estimate of drug-likeness (QED) is 0.756. The Hall–Kier alpha value is -0.130. The van der Waals surface area contributed by atoms with Gasteiger partial charge in [-0.1, -0.05) is 0 Å². The van der Waals surface area contributed by atoms with Crippen molar-refractivity contribution >= 4 is 9.84 Å². The van der Waals surface area contributed by atoms with E-state index in [4.69, 9.17) is 4.74 Å². The summed E-state index contributed by atoms with van der Waals surface area (Å²) in [5.74, 6) is 1.01. The highest BCUT2D eigenvalue weighted by Crippen LogP contribution is 2.24. The first kappa shape index (κ1) is 11.4. The third-order valence-corrected chi connectivity index (χ3v) is 5.02. The van der Waals surface area contributed by atoms with Crippen LogP contribution in [0.1, 0.15) is 26.2 Å². The molecule has 0 spiro atoms. The second kappa shape index (κ2) is 4.39. The van der Waals surface area contributed by atoms with E-state index in [1.807, 2.05) is 6.92 Å². The molecule has 1 N–H and O–H groups in total. The fourth-order valence-electron chi connectivity index (χ4n) is 2.42. The van der Waals surface area contributed by atoms with Crippen molar-refractivity contribution < 1.29 is 13.2 Å². The van der Waals surface area contributed by atoms with E-state index in [0.29, 0.717) is 11.5 Å². The summed E-state index contributed by atoms with van der Waals surface area (Å²) >= 11 is 0. The summed E-state index contributed by atoms with van der Waals surface area (Å²) in [5, 5.41) is 3.26. The predicted octanol–water partition coefficient (Wildman–Crippen LogP) is 0.536. The zero-order valence-corrected chi connectivity index (χ0v) is 9.92. The average Bonchev–Trinajstić information content (AvgIpc) is 2.49. The van der Waals surface area contributed by atoms with E-state index in [1.54, 1.807) is 0 Å². The molecular formula is C10H19NO3S. The molecule has 2 saturated heterocycles. The Kier molecular flexibility index (Phi) is 3.33. The highest BCUT2D eigenvalue weighted by Gasteiger charge is 2.29. The topological polar surface area (TPSA) is 55.4 Å². The van der Waals surface area contributed by atoms with Gasteiger partial charge in [0, 0.05) is 6.54 Å². The van der Waals surface area contributed by atoms with Crippen LogP contribution in [-0.4, -0.2) is 38.8 Å². The van der Waals surface area contributed by atoms with Gasteiger partial charge in [-0.15, -0.1) is 0 Å². The summed E-state index contributed by atoms with van der Waals surface area (Å²) in [5.41, 5.74) is 0. The SMILES string of the molecule is CC1CNC(CC2CCCS(=O)(=O)C2)O1. The molecule has 4 nitrogen and oxygen atoms in total. The molecule has 15 heavy (non-hydrogen) atoms. The molecule has 0 amide bonds. The maximum atomic E-state index is 11.4. The number of hydrogen-bond donors (Lipinski definition) is 1. The summed E-state index contributed by atoms with van der Waals surface area (Å²) in [7, 11) is -2.77. The van der Waals surface area contributed by atoms with Gasteiger partial charge in [0.1, 0.15) is 6.23 Å². The van der Waals surface area contributed by atoms with Gasteiger partial charge in [-0.05, 0) is 32.1 Å². The second-order valence-corrected chi connectivity index (χ2v) is 6.93. The highest BCUT2D eigenvalue weighted by atomic mass is 32.2. The van der Waals surface area contributed by atoms with Crippen LogP contribution in [0.5, 0.6) is 0 Å². The Morgan fingerprint density at radius 1 is 1.47 bits per heavy atom. The minimum absolute atomic E-state index is 0.0679. The van der Waals surface area contributed by atoms with Crippen molar-refractivity contribution in [2.75, 3.05) is 18.1 Å². The highest BCUT2D eigenvalue weighted by molar-refractivity contribution is 7.91. The number of rotatable bonds is 2. The lowest BCUT2D eigenvalue weighted by Crippen LogP contribution is -2.32. The normalized spacial score (nSPS) is 40.5. The Bertz CT molecular complexity index is 315. The zero-order chi connectivity index (χ0) is 10.9. The lowest BCUT2D eigenvalue weighted by Gasteiger charge is -2.24. The molecule has 0 aliphatic carbocycles. The van der Waals surface area contributed by atoms with Gasteiger partial charge >= 0.3 is 0 Å². The van der Waals surface area contributed by atoms with E-state index in [9.17, 15) is 8.42 Å². The number of sulfone groups is 1. The van der Waals surface area contributed by atoms with E-state index < -0.39 is 9.84 Å². The molecule has 3 atom stereocenters. The molecule has 5 heteroatoms. The third kappa shape index (κ3) is 3.16. The maximum Gasteiger partial charge on any atom is 0.150 e. The first-order valence-electron chi connectivity index (χ1n) is 5.64. The van der Waals surface area contributed by atoms with Gasteiger partial charge < -0.3 is 4.74 Å². The fourth-order valence-corrected chi connectivity index (χ4v) is 4.21. The number of nitrogens with one attached hydrogen (secondary N) is 1. The van der Waals surface area contributed by atoms with Crippen LogP contribution in [0.25, 0.3) is 0 Å². The Morgan fingerprint density at radius 3 is 2.87 bits per heavy atom. The first-order chi connectivity index (χ1) is 7.05. The summed E-state index contributed by atoms with van der Waals surface area (Å²) in [6.45, 7) is 2.91. The number of ether oxygens (including phenoxy) is 1. The van der Waals surface area contributed by atoms with Crippen molar-refractivity contribution in [3.8, 4) is 0 Å². The zero-order valence-electron chi connectivity index (χ0n) is 9.11. The molecule has 0 saturated carbocycles. The van der Waals surface area contributed by atoms with Crippen molar-refractivity contribution in [1.29, 1.82) is 0 Å². The van der Waals surface area contributed by atoms with Crippen LogP contribution in [0.4, 0.5) is 0 Å². The maximum absolute atomic E-state index is 11.4. The molecule has 0 aromatic carbocycles. The average molecular weight is 233 g/mol. The first-order valence-corrected chi connectivity index (χ1v) is 7.46. The molecule has 3 unspecified atom stereocenters. The van der Waals surface area contributed by atoms with Gasteiger partial charge in [0.15, 0.2) is 9.84 Å². The van der Waals surface area contributed by atoms with Crippen LogP contribution in [0, 0.1) is 5.92 Å². The monoisotopic (exact) mass is 233 g/mol. The second-order valence-electron chi connectivity index (χ2n) is 4.70. The molecule has 0 aromatic rings. The molecule has 2 heterocycles. The van der Waals surface area contributed by atoms with Gasteiger partial charge in [-0.3, -0.25) is 5.32 Å². The molecule has 2 fully saturated rings. The Morgan fingerprint density at radius 2 is 2.27 bits per heavy atom. The summed E-state index contributed by atoms with van der Waals surface area (Å²) in [4.78, 5) is 0. The van der Waals surface area contributed by atoms with E-state index in [1.165, 1.54) is 0 Å². The van der Waals surface area contributed by atoms with E-state index in [0.717, 1.165) is 25.8 Å². The van der Waals surface area contributed by atoms with Gasteiger partial charge in [0.25, 0.3) is 0 Å². The van der Waals surface area contributed by atoms with E-state index in [-0.39, 0.29) is 18.2 Å². The summed E-state index contributed by atoms with van der Waals surface area (Å²) < 4.78 is 28.5. The summed E-state index contributed by atoms with van der Waals surface area (Å²) in [6.07, 6.45) is 3.00. The molecule has 2 aliphatic heterocycles.